The highest BCUT2D eigenvalue weighted by Crippen LogP contribution is 2.18. The second-order valence-electron chi connectivity index (χ2n) is 3.91. The van der Waals surface area contributed by atoms with Gasteiger partial charge in [0.25, 0.3) is 0 Å². The number of aryl methyl sites for hydroxylation is 2. The molecule has 3 N–H and O–H groups in total. The molecule has 0 fully saturated rings. The van der Waals surface area contributed by atoms with Crippen LogP contribution in [0.4, 0.5) is 4.39 Å². The van der Waals surface area contributed by atoms with E-state index < -0.39 is 10.0 Å². The topological polar surface area (TPSA) is 72.2 Å². The van der Waals surface area contributed by atoms with Crippen molar-refractivity contribution in [3.05, 3.63) is 29.1 Å². The molecule has 1 rings (SSSR count). The van der Waals surface area contributed by atoms with E-state index in [-0.39, 0.29) is 17.3 Å². The van der Waals surface area contributed by atoms with Gasteiger partial charge >= 0.3 is 0 Å². The van der Waals surface area contributed by atoms with Crippen molar-refractivity contribution in [2.45, 2.75) is 25.2 Å². The Morgan fingerprint density at radius 1 is 1.29 bits per heavy atom. The van der Waals surface area contributed by atoms with Crippen LogP contribution in [-0.2, 0) is 10.0 Å². The fraction of sp³-hybridized carbons (Fsp3) is 0.455. The van der Waals surface area contributed by atoms with Gasteiger partial charge in [0.1, 0.15) is 5.82 Å². The van der Waals surface area contributed by atoms with Gasteiger partial charge in [-0.3, -0.25) is 0 Å². The maximum Gasteiger partial charge on any atom is 0.240 e. The van der Waals surface area contributed by atoms with Gasteiger partial charge < -0.3 is 5.73 Å². The quantitative estimate of drug-likeness (QED) is 0.778. The van der Waals surface area contributed by atoms with E-state index in [1.165, 1.54) is 12.1 Å². The number of hydrogen-bond acceptors (Lipinski definition) is 3. The predicted molar refractivity (Wildman–Crippen MR) is 64.7 cm³/mol. The van der Waals surface area contributed by atoms with E-state index in [1.54, 1.807) is 13.8 Å². The summed E-state index contributed by atoms with van der Waals surface area (Å²) in [5, 5.41) is 0. The zero-order valence-corrected chi connectivity index (χ0v) is 10.8. The van der Waals surface area contributed by atoms with E-state index in [9.17, 15) is 12.8 Å². The van der Waals surface area contributed by atoms with Crippen LogP contribution < -0.4 is 10.5 Å². The standard InChI is InChI=1S/C11H17FN2O2S/c1-8-6-10(7-9(2)11(8)12)17(15,16)14-5-3-4-13/h6-7,14H,3-5,13H2,1-2H3. The molecule has 0 spiro atoms. The third-order valence-corrected chi connectivity index (χ3v) is 3.83. The molecule has 0 saturated carbocycles. The van der Waals surface area contributed by atoms with Gasteiger partial charge in [0.2, 0.25) is 10.0 Å². The Morgan fingerprint density at radius 3 is 2.29 bits per heavy atom. The van der Waals surface area contributed by atoms with E-state index in [4.69, 9.17) is 5.73 Å². The van der Waals surface area contributed by atoms with Crippen molar-refractivity contribution in [2.75, 3.05) is 13.1 Å². The molecule has 0 aliphatic rings. The lowest BCUT2D eigenvalue weighted by atomic mass is 10.1. The third kappa shape index (κ3) is 3.49. The number of nitrogens with one attached hydrogen (secondary N) is 1. The van der Waals surface area contributed by atoms with Crippen LogP contribution in [0.15, 0.2) is 17.0 Å². The van der Waals surface area contributed by atoms with Crippen LogP contribution in [0.25, 0.3) is 0 Å². The Morgan fingerprint density at radius 2 is 1.82 bits per heavy atom. The molecule has 0 amide bonds. The smallest absolute Gasteiger partial charge is 0.240 e. The predicted octanol–water partition coefficient (Wildman–Crippen LogP) is 1.07. The second kappa shape index (κ2) is 5.57. The van der Waals surface area contributed by atoms with Crippen LogP contribution >= 0.6 is 0 Å². The molecule has 17 heavy (non-hydrogen) atoms. The maximum atomic E-state index is 13.4. The number of halogens is 1. The largest absolute Gasteiger partial charge is 0.330 e. The summed E-state index contributed by atoms with van der Waals surface area (Å²) in [6.45, 7) is 3.79. The zero-order chi connectivity index (χ0) is 13.1. The third-order valence-electron chi connectivity index (χ3n) is 2.39. The molecule has 4 nitrogen and oxygen atoms in total. The summed E-state index contributed by atoms with van der Waals surface area (Å²) in [5.74, 6) is -0.370. The molecule has 0 atom stereocenters. The summed E-state index contributed by atoms with van der Waals surface area (Å²) < 4.78 is 39.5. The van der Waals surface area contributed by atoms with Crippen LogP contribution in [0, 0.1) is 19.7 Å². The van der Waals surface area contributed by atoms with Crippen LogP contribution in [0.3, 0.4) is 0 Å². The highest BCUT2D eigenvalue weighted by atomic mass is 32.2. The van der Waals surface area contributed by atoms with E-state index in [0.29, 0.717) is 24.1 Å². The molecule has 0 aliphatic heterocycles. The van der Waals surface area contributed by atoms with Gasteiger partial charge in [-0.1, -0.05) is 0 Å². The Balaban J connectivity index is 2.99. The molecule has 96 valence electrons. The minimum absolute atomic E-state index is 0.0888. The van der Waals surface area contributed by atoms with Gasteiger partial charge in [-0.2, -0.15) is 0 Å². The Bertz CT molecular complexity index is 477. The molecule has 1 aromatic carbocycles. The summed E-state index contributed by atoms with van der Waals surface area (Å²) in [7, 11) is -3.57. The average molecular weight is 260 g/mol. The molecule has 0 unspecified atom stereocenters. The highest BCUT2D eigenvalue weighted by Gasteiger charge is 2.16. The molecular formula is C11H17FN2O2S. The Hall–Kier alpha value is -0.980. The maximum absolute atomic E-state index is 13.4. The summed E-state index contributed by atoms with van der Waals surface area (Å²) >= 11 is 0. The first-order chi connectivity index (χ1) is 7.88. The zero-order valence-electron chi connectivity index (χ0n) is 9.96. The first-order valence-electron chi connectivity index (χ1n) is 5.35. The van der Waals surface area contributed by atoms with Crippen molar-refractivity contribution in [1.82, 2.24) is 4.72 Å². The Kier molecular flexibility index (Phi) is 4.62. The monoisotopic (exact) mass is 260 g/mol. The van der Waals surface area contributed by atoms with Crippen molar-refractivity contribution < 1.29 is 12.8 Å². The Labute approximate surface area is 101 Å². The van der Waals surface area contributed by atoms with Crippen molar-refractivity contribution in [1.29, 1.82) is 0 Å². The minimum Gasteiger partial charge on any atom is -0.330 e. The molecule has 0 bridgehead atoms. The number of sulfonamides is 1. The molecule has 0 heterocycles. The minimum atomic E-state index is -3.57. The van der Waals surface area contributed by atoms with E-state index in [0.717, 1.165) is 0 Å². The van der Waals surface area contributed by atoms with Gasteiger partial charge in [0.15, 0.2) is 0 Å². The molecule has 0 radical (unpaired) electrons. The summed E-state index contributed by atoms with van der Waals surface area (Å²) in [6, 6.07) is 2.65. The lowest BCUT2D eigenvalue weighted by molar-refractivity contribution is 0.577. The molecular weight excluding hydrogens is 243 g/mol. The average Bonchev–Trinajstić information content (AvgIpc) is 2.25. The molecule has 1 aromatic rings. The van der Waals surface area contributed by atoms with Gasteiger partial charge in [-0.05, 0) is 50.1 Å². The van der Waals surface area contributed by atoms with E-state index in [1.807, 2.05) is 0 Å². The van der Waals surface area contributed by atoms with Gasteiger partial charge in [-0.15, -0.1) is 0 Å². The normalized spacial score (nSPS) is 11.8. The first kappa shape index (κ1) is 14.1. The fourth-order valence-electron chi connectivity index (χ4n) is 1.45. The molecule has 0 aromatic heterocycles. The van der Waals surface area contributed by atoms with Crippen LogP contribution in [0.2, 0.25) is 0 Å². The molecule has 0 saturated heterocycles. The van der Waals surface area contributed by atoms with Gasteiger partial charge in [0, 0.05) is 6.54 Å². The highest BCUT2D eigenvalue weighted by molar-refractivity contribution is 7.89. The van der Waals surface area contributed by atoms with Crippen LogP contribution in [0.1, 0.15) is 17.5 Å². The van der Waals surface area contributed by atoms with Crippen LogP contribution in [0.5, 0.6) is 0 Å². The van der Waals surface area contributed by atoms with E-state index >= 15 is 0 Å². The second-order valence-corrected chi connectivity index (χ2v) is 5.68. The number of benzene rings is 1. The van der Waals surface area contributed by atoms with Gasteiger partial charge in [0.05, 0.1) is 4.90 Å². The van der Waals surface area contributed by atoms with Gasteiger partial charge in [-0.25, -0.2) is 17.5 Å². The van der Waals surface area contributed by atoms with Crippen molar-refractivity contribution >= 4 is 10.0 Å². The van der Waals surface area contributed by atoms with E-state index in [2.05, 4.69) is 4.72 Å². The fourth-order valence-corrected chi connectivity index (χ4v) is 2.70. The number of hydrogen-bond donors (Lipinski definition) is 2. The lowest BCUT2D eigenvalue weighted by Crippen LogP contribution is -2.26. The van der Waals surface area contributed by atoms with Crippen molar-refractivity contribution in [2.24, 2.45) is 5.73 Å². The summed E-state index contributed by atoms with van der Waals surface area (Å²) in [5.41, 5.74) is 5.93. The number of nitrogens with two attached hydrogens (primary N) is 1. The SMILES string of the molecule is Cc1cc(S(=O)(=O)NCCCN)cc(C)c1F. The van der Waals surface area contributed by atoms with Crippen molar-refractivity contribution in [3.8, 4) is 0 Å². The molecule has 0 aliphatic carbocycles. The van der Waals surface area contributed by atoms with Crippen LogP contribution in [-0.4, -0.2) is 21.5 Å². The molecule has 6 heteroatoms. The number of rotatable bonds is 5. The summed E-state index contributed by atoms with van der Waals surface area (Å²) in [4.78, 5) is 0.0888. The summed E-state index contributed by atoms with van der Waals surface area (Å²) in [6.07, 6.45) is 0.568. The lowest BCUT2D eigenvalue weighted by Gasteiger charge is -2.09. The van der Waals surface area contributed by atoms with Crippen molar-refractivity contribution in [3.63, 3.8) is 0 Å². The first-order valence-corrected chi connectivity index (χ1v) is 6.83.